The average Bonchev–Trinajstić information content (AvgIpc) is 2.89. The number of methoxy groups -OCH3 is 1. The zero-order valence-corrected chi connectivity index (χ0v) is 20.8. The van der Waals surface area contributed by atoms with Gasteiger partial charge in [-0.25, -0.2) is 10.2 Å². The lowest BCUT2D eigenvalue weighted by Crippen LogP contribution is -2.32. The van der Waals surface area contributed by atoms with Gasteiger partial charge in [0.1, 0.15) is 0 Å². The van der Waals surface area contributed by atoms with E-state index in [1.807, 2.05) is 30.3 Å². The van der Waals surface area contributed by atoms with Crippen molar-refractivity contribution in [2.24, 2.45) is 5.10 Å². The summed E-state index contributed by atoms with van der Waals surface area (Å²) in [7, 11) is 1.41. The van der Waals surface area contributed by atoms with Gasteiger partial charge in [0.25, 0.3) is 0 Å². The quantitative estimate of drug-likeness (QED) is 0.112. The fraction of sp³-hybridized carbons (Fsp3) is 0.0370. The fourth-order valence-electron chi connectivity index (χ4n) is 3.39. The highest BCUT2D eigenvalue weighted by Gasteiger charge is 2.17. The van der Waals surface area contributed by atoms with Crippen LogP contribution in [0, 0.1) is 0 Å². The molecular formula is C27H19Cl2N3O5. The van der Waals surface area contributed by atoms with E-state index in [0.717, 1.165) is 10.8 Å². The molecule has 0 aliphatic carbocycles. The van der Waals surface area contributed by atoms with E-state index >= 15 is 0 Å². The highest BCUT2D eigenvalue weighted by molar-refractivity contribution is 6.40. The van der Waals surface area contributed by atoms with Gasteiger partial charge >= 0.3 is 17.8 Å². The number of carbonyl (C=O) groups excluding carboxylic acids is 3. The van der Waals surface area contributed by atoms with Gasteiger partial charge in [-0.05, 0) is 53.4 Å². The van der Waals surface area contributed by atoms with Gasteiger partial charge in [0.05, 0.1) is 23.9 Å². The molecule has 4 rings (SSSR count). The third-order valence-corrected chi connectivity index (χ3v) is 5.71. The van der Waals surface area contributed by atoms with Gasteiger partial charge in [-0.15, -0.1) is 0 Å². The lowest BCUT2D eigenvalue weighted by molar-refractivity contribution is -0.136. The Balaban J connectivity index is 1.39. The minimum Gasteiger partial charge on any atom is -0.493 e. The van der Waals surface area contributed by atoms with Gasteiger partial charge in [-0.2, -0.15) is 5.10 Å². The van der Waals surface area contributed by atoms with E-state index in [1.54, 1.807) is 18.2 Å². The first-order chi connectivity index (χ1) is 17.9. The predicted octanol–water partition coefficient (Wildman–Crippen LogP) is 5.46. The normalized spacial score (nSPS) is 10.8. The zero-order valence-electron chi connectivity index (χ0n) is 19.3. The van der Waals surface area contributed by atoms with Crippen molar-refractivity contribution < 1.29 is 23.9 Å². The summed E-state index contributed by atoms with van der Waals surface area (Å²) in [5, 5.41) is 8.69. The van der Waals surface area contributed by atoms with E-state index in [1.165, 1.54) is 43.7 Å². The molecule has 0 aromatic heterocycles. The maximum absolute atomic E-state index is 12.5. The number of carbonyl (C=O) groups is 3. The van der Waals surface area contributed by atoms with Crippen molar-refractivity contribution in [1.82, 2.24) is 5.43 Å². The van der Waals surface area contributed by atoms with Crippen molar-refractivity contribution in [3.8, 4) is 11.5 Å². The number of fused-ring (bicyclic) bond motifs is 1. The fourth-order valence-corrected chi connectivity index (χ4v) is 3.87. The number of hydrazone groups is 1. The Kier molecular flexibility index (Phi) is 8.02. The van der Waals surface area contributed by atoms with Gasteiger partial charge in [-0.3, -0.25) is 9.59 Å². The van der Waals surface area contributed by atoms with E-state index < -0.39 is 17.8 Å². The largest absolute Gasteiger partial charge is 0.493 e. The number of esters is 1. The number of nitrogens with zero attached hydrogens (tertiary/aromatic N) is 1. The van der Waals surface area contributed by atoms with Crippen molar-refractivity contribution in [2.75, 3.05) is 12.4 Å². The second-order valence-electron chi connectivity index (χ2n) is 7.60. The summed E-state index contributed by atoms with van der Waals surface area (Å²) in [6, 6.07) is 21.9. The first-order valence-corrected chi connectivity index (χ1v) is 11.6. The molecule has 0 heterocycles. The molecular weight excluding hydrogens is 517 g/mol. The molecule has 4 aromatic rings. The number of anilines is 1. The van der Waals surface area contributed by atoms with Crippen LogP contribution < -0.4 is 20.2 Å². The van der Waals surface area contributed by atoms with Crippen molar-refractivity contribution in [3.63, 3.8) is 0 Å². The van der Waals surface area contributed by atoms with Crippen LogP contribution in [0.4, 0.5) is 5.69 Å². The monoisotopic (exact) mass is 535 g/mol. The standard InChI is InChI=1S/C27H19Cl2N3O5/c1-36-24-13-16(9-12-23(24)37-27(35)20-11-10-18(28)14-21(20)29)15-30-32-26(34)25(33)31-22-8-4-6-17-5-2-3-7-19(17)22/h2-15H,1H3,(H,31,33)(H,32,34)/b30-15+. The van der Waals surface area contributed by atoms with Crippen molar-refractivity contribution in [1.29, 1.82) is 0 Å². The Hall–Kier alpha value is -4.40. The average molecular weight is 536 g/mol. The third-order valence-electron chi connectivity index (χ3n) is 5.17. The highest BCUT2D eigenvalue weighted by atomic mass is 35.5. The molecule has 0 unspecified atom stereocenters. The SMILES string of the molecule is COc1cc(/C=N/NC(=O)C(=O)Nc2cccc3ccccc23)ccc1OC(=O)c1ccc(Cl)cc1Cl. The van der Waals surface area contributed by atoms with Crippen LogP contribution in [-0.4, -0.2) is 31.1 Å². The number of amides is 2. The number of hydrogen-bond donors (Lipinski definition) is 2. The molecule has 10 heteroatoms. The van der Waals surface area contributed by atoms with Gasteiger partial charge in [0, 0.05) is 16.1 Å². The minimum atomic E-state index is -0.943. The van der Waals surface area contributed by atoms with Crippen molar-refractivity contribution in [3.05, 3.63) is 100 Å². The summed E-state index contributed by atoms with van der Waals surface area (Å²) in [4.78, 5) is 37.0. The summed E-state index contributed by atoms with van der Waals surface area (Å²) in [6.45, 7) is 0. The zero-order chi connectivity index (χ0) is 26.4. The van der Waals surface area contributed by atoms with Crippen LogP contribution in [0.15, 0.2) is 84.0 Å². The van der Waals surface area contributed by atoms with Gasteiger partial charge in [-0.1, -0.05) is 59.6 Å². The number of ether oxygens (including phenoxy) is 2. The van der Waals surface area contributed by atoms with Crippen LogP contribution in [-0.2, 0) is 9.59 Å². The molecule has 0 atom stereocenters. The molecule has 0 aliphatic heterocycles. The maximum atomic E-state index is 12.5. The first-order valence-electron chi connectivity index (χ1n) is 10.8. The summed E-state index contributed by atoms with van der Waals surface area (Å²) >= 11 is 11.9. The molecule has 0 radical (unpaired) electrons. The topological polar surface area (TPSA) is 106 Å². The minimum absolute atomic E-state index is 0.142. The molecule has 0 aliphatic rings. The van der Waals surface area contributed by atoms with Crippen LogP contribution in [0.2, 0.25) is 10.0 Å². The molecule has 0 bridgehead atoms. The van der Waals surface area contributed by atoms with Crippen molar-refractivity contribution in [2.45, 2.75) is 0 Å². The van der Waals surface area contributed by atoms with Gasteiger partial charge < -0.3 is 14.8 Å². The molecule has 0 saturated heterocycles. The highest BCUT2D eigenvalue weighted by Crippen LogP contribution is 2.30. The van der Waals surface area contributed by atoms with Crippen LogP contribution in [0.3, 0.4) is 0 Å². The Morgan fingerprint density at radius 3 is 2.43 bits per heavy atom. The molecule has 8 nitrogen and oxygen atoms in total. The van der Waals surface area contributed by atoms with E-state index in [9.17, 15) is 14.4 Å². The summed E-state index contributed by atoms with van der Waals surface area (Å²) < 4.78 is 10.7. The molecule has 37 heavy (non-hydrogen) atoms. The Bertz CT molecular complexity index is 1530. The predicted molar refractivity (Wildman–Crippen MR) is 143 cm³/mol. The lowest BCUT2D eigenvalue weighted by atomic mass is 10.1. The smallest absolute Gasteiger partial charge is 0.345 e. The number of rotatable bonds is 6. The van der Waals surface area contributed by atoms with E-state index in [2.05, 4.69) is 15.8 Å². The molecule has 2 N–H and O–H groups in total. The summed E-state index contributed by atoms with van der Waals surface area (Å²) in [5.41, 5.74) is 3.35. The second kappa shape index (κ2) is 11.6. The molecule has 2 amide bonds. The number of nitrogens with one attached hydrogen (secondary N) is 2. The molecule has 0 fully saturated rings. The van der Waals surface area contributed by atoms with E-state index in [-0.39, 0.29) is 22.1 Å². The number of halogens is 2. The third kappa shape index (κ3) is 6.24. The van der Waals surface area contributed by atoms with Crippen LogP contribution >= 0.6 is 23.2 Å². The maximum Gasteiger partial charge on any atom is 0.345 e. The summed E-state index contributed by atoms with van der Waals surface area (Å²) in [6.07, 6.45) is 1.31. The van der Waals surface area contributed by atoms with Gasteiger partial charge in [0.15, 0.2) is 11.5 Å². The molecule has 4 aromatic carbocycles. The number of benzene rings is 4. The molecule has 0 saturated carbocycles. The van der Waals surface area contributed by atoms with E-state index in [4.69, 9.17) is 32.7 Å². The van der Waals surface area contributed by atoms with Crippen LogP contribution in [0.1, 0.15) is 15.9 Å². The second-order valence-corrected chi connectivity index (χ2v) is 8.45. The van der Waals surface area contributed by atoms with Crippen LogP contribution in [0.5, 0.6) is 11.5 Å². The molecule has 0 spiro atoms. The Morgan fingerprint density at radius 2 is 1.65 bits per heavy atom. The molecule has 186 valence electrons. The Labute approximate surface area is 221 Å². The Morgan fingerprint density at radius 1 is 0.865 bits per heavy atom. The first kappa shape index (κ1) is 25.7. The van der Waals surface area contributed by atoms with Gasteiger partial charge in [0.2, 0.25) is 0 Å². The van der Waals surface area contributed by atoms with Crippen molar-refractivity contribution >= 4 is 63.7 Å². The number of hydrogen-bond acceptors (Lipinski definition) is 6. The van der Waals surface area contributed by atoms with E-state index in [0.29, 0.717) is 16.3 Å². The van der Waals surface area contributed by atoms with Crippen LogP contribution in [0.25, 0.3) is 10.8 Å². The lowest BCUT2D eigenvalue weighted by Gasteiger charge is -2.10. The summed E-state index contributed by atoms with van der Waals surface area (Å²) in [5.74, 6) is -2.11.